The number of ether oxygens (including phenoxy) is 3. The third-order valence-corrected chi connectivity index (χ3v) is 4.02. The molecule has 2 aromatic carbocycles. The third kappa shape index (κ3) is 4.14. The van der Waals surface area contributed by atoms with Crippen molar-refractivity contribution in [2.75, 3.05) is 21.3 Å². The summed E-state index contributed by atoms with van der Waals surface area (Å²) in [5, 5.41) is 4.22. The number of nitrogens with zero attached hydrogens (tertiary/aromatic N) is 1. The molecule has 0 saturated carbocycles. The van der Waals surface area contributed by atoms with E-state index in [4.69, 9.17) is 14.2 Å². The van der Waals surface area contributed by atoms with E-state index >= 15 is 0 Å². The van der Waals surface area contributed by atoms with Gasteiger partial charge in [0.05, 0.1) is 27.0 Å². The summed E-state index contributed by atoms with van der Waals surface area (Å²) >= 11 is 0. The number of methoxy groups -OCH3 is 3. The summed E-state index contributed by atoms with van der Waals surface area (Å²) in [7, 11) is 4.51. The Morgan fingerprint density at radius 2 is 1.58 bits per heavy atom. The fraction of sp³-hybridized carbons (Fsp3) is 0.300. The van der Waals surface area contributed by atoms with Crippen molar-refractivity contribution in [3.05, 3.63) is 52.6 Å². The molecule has 0 unspecified atom stereocenters. The first-order valence-electron chi connectivity index (χ1n) is 8.13. The van der Waals surface area contributed by atoms with Crippen molar-refractivity contribution in [3.63, 3.8) is 0 Å². The second-order valence-corrected chi connectivity index (χ2v) is 5.87. The molecule has 138 valence electrons. The van der Waals surface area contributed by atoms with Crippen molar-refractivity contribution in [1.82, 2.24) is 5.43 Å². The largest absolute Gasteiger partial charge is 0.493 e. The number of carbonyl (C=O) groups excluding carboxylic acids is 1. The average Bonchev–Trinajstić information content (AvgIpc) is 2.64. The fourth-order valence-corrected chi connectivity index (χ4v) is 2.69. The van der Waals surface area contributed by atoms with E-state index in [0.717, 1.165) is 16.8 Å². The Hall–Kier alpha value is -3.02. The van der Waals surface area contributed by atoms with Crippen molar-refractivity contribution in [2.24, 2.45) is 5.10 Å². The molecule has 2 aromatic rings. The molecule has 0 heterocycles. The van der Waals surface area contributed by atoms with Crippen LogP contribution < -0.4 is 19.6 Å². The summed E-state index contributed by atoms with van der Waals surface area (Å²) in [6.07, 6.45) is 0. The molecule has 1 N–H and O–H groups in total. The monoisotopic (exact) mass is 356 g/mol. The second kappa shape index (κ2) is 8.38. The molecule has 0 aromatic heterocycles. The molecule has 0 spiro atoms. The van der Waals surface area contributed by atoms with Gasteiger partial charge in [0.2, 0.25) is 5.75 Å². The first kappa shape index (κ1) is 19.3. The maximum absolute atomic E-state index is 12.5. The van der Waals surface area contributed by atoms with Gasteiger partial charge in [-0.2, -0.15) is 5.10 Å². The number of aryl methyl sites for hydroxylation is 2. The maximum Gasteiger partial charge on any atom is 0.271 e. The number of hydrogen-bond acceptors (Lipinski definition) is 5. The molecule has 0 fully saturated rings. The first-order chi connectivity index (χ1) is 12.4. The fourth-order valence-electron chi connectivity index (χ4n) is 2.69. The highest BCUT2D eigenvalue weighted by Crippen LogP contribution is 2.38. The van der Waals surface area contributed by atoms with Gasteiger partial charge in [-0.15, -0.1) is 0 Å². The van der Waals surface area contributed by atoms with Crippen LogP contribution >= 0.6 is 0 Å². The highest BCUT2D eigenvalue weighted by atomic mass is 16.5. The Morgan fingerprint density at radius 3 is 2.08 bits per heavy atom. The van der Waals surface area contributed by atoms with E-state index in [0.29, 0.717) is 22.8 Å². The van der Waals surface area contributed by atoms with Crippen LogP contribution in [0, 0.1) is 13.8 Å². The number of benzene rings is 2. The lowest BCUT2D eigenvalue weighted by Crippen LogP contribution is -2.20. The quantitative estimate of drug-likeness (QED) is 0.635. The van der Waals surface area contributed by atoms with Gasteiger partial charge in [-0.3, -0.25) is 4.79 Å². The smallest absolute Gasteiger partial charge is 0.271 e. The molecule has 0 atom stereocenters. The minimum absolute atomic E-state index is 0.358. The zero-order valence-corrected chi connectivity index (χ0v) is 16.0. The lowest BCUT2D eigenvalue weighted by Gasteiger charge is -2.13. The lowest BCUT2D eigenvalue weighted by molar-refractivity contribution is 0.0954. The third-order valence-electron chi connectivity index (χ3n) is 4.02. The van der Waals surface area contributed by atoms with Crippen molar-refractivity contribution >= 4 is 11.6 Å². The van der Waals surface area contributed by atoms with E-state index in [1.165, 1.54) is 26.9 Å². The van der Waals surface area contributed by atoms with Gasteiger partial charge in [-0.25, -0.2) is 5.43 Å². The Labute approximate surface area is 153 Å². The zero-order chi connectivity index (χ0) is 19.3. The summed E-state index contributed by atoms with van der Waals surface area (Å²) in [5.74, 6) is 0.883. The van der Waals surface area contributed by atoms with Crippen LogP contribution in [0.25, 0.3) is 0 Å². The summed E-state index contributed by atoms with van der Waals surface area (Å²) in [6.45, 7) is 5.91. The van der Waals surface area contributed by atoms with Crippen molar-refractivity contribution in [2.45, 2.75) is 20.8 Å². The number of hydrogen-bond donors (Lipinski definition) is 1. The van der Waals surface area contributed by atoms with E-state index in [1.807, 2.05) is 32.9 Å². The number of rotatable bonds is 6. The second-order valence-electron chi connectivity index (χ2n) is 5.87. The molecule has 0 radical (unpaired) electrons. The van der Waals surface area contributed by atoms with Gasteiger partial charge >= 0.3 is 0 Å². The summed E-state index contributed by atoms with van der Waals surface area (Å²) in [6, 6.07) is 9.25. The number of amides is 1. The van der Waals surface area contributed by atoms with Gasteiger partial charge in [0.1, 0.15) is 0 Å². The molecule has 0 aliphatic heterocycles. The minimum Gasteiger partial charge on any atom is -0.493 e. The lowest BCUT2D eigenvalue weighted by atomic mass is 10.0. The molecule has 0 aliphatic carbocycles. The number of carbonyl (C=O) groups is 1. The van der Waals surface area contributed by atoms with Gasteiger partial charge in [-0.05, 0) is 38.5 Å². The van der Waals surface area contributed by atoms with Crippen molar-refractivity contribution in [3.8, 4) is 17.2 Å². The average molecular weight is 356 g/mol. The summed E-state index contributed by atoms with van der Waals surface area (Å²) in [5.41, 5.74) is 6.93. The van der Waals surface area contributed by atoms with Gasteiger partial charge in [0.15, 0.2) is 11.5 Å². The van der Waals surface area contributed by atoms with Gasteiger partial charge in [0, 0.05) is 11.1 Å². The van der Waals surface area contributed by atoms with Crippen LogP contribution in [0.2, 0.25) is 0 Å². The van der Waals surface area contributed by atoms with E-state index in [9.17, 15) is 4.79 Å². The van der Waals surface area contributed by atoms with Crippen LogP contribution in [0.1, 0.15) is 34.0 Å². The topological polar surface area (TPSA) is 69.2 Å². The number of nitrogens with one attached hydrogen (secondary N) is 1. The summed E-state index contributed by atoms with van der Waals surface area (Å²) < 4.78 is 15.8. The van der Waals surface area contributed by atoms with E-state index in [-0.39, 0.29) is 5.91 Å². The Bertz CT molecular complexity index is 819. The molecule has 6 heteroatoms. The molecule has 26 heavy (non-hydrogen) atoms. The SMILES string of the molecule is COc1cc(C(=O)NN=C(C)c2ccc(C)cc2C)cc(OC)c1OC. The molecule has 1 amide bonds. The van der Waals surface area contributed by atoms with E-state index in [2.05, 4.69) is 16.6 Å². The molecular formula is C20H24N2O4. The predicted octanol–water partition coefficient (Wildman–Crippen LogP) is 3.48. The highest BCUT2D eigenvalue weighted by molar-refractivity contribution is 6.02. The summed E-state index contributed by atoms with van der Waals surface area (Å²) in [4.78, 5) is 12.5. The van der Waals surface area contributed by atoms with Crippen LogP contribution in [0.4, 0.5) is 0 Å². The highest BCUT2D eigenvalue weighted by Gasteiger charge is 2.17. The molecule has 0 bridgehead atoms. The molecular weight excluding hydrogens is 332 g/mol. The standard InChI is InChI=1S/C20H24N2O4/c1-12-7-8-16(13(2)9-12)14(3)21-22-20(23)15-10-17(24-4)19(26-6)18(11-15)25-5/h7-11H,1-6H3,(H,22,23). The molecule has 2 rings (SSSR count). The van der Waals surface area contributed by atoms with Crippen molar-refractivity contribution < 1.29 is 19.0 Å². The Balaban J connectivity index is 2.27. The van der Waals surface area contributed by atoms with Crippen LogP contribution in [0.5, 0.6) is 17.2 Å². The molecule has 0 aliphatic rings. The van der Waals surface area contributed by atoms with Crippen LogP contribution in [-0.2, 0) is 0 Å². The van der Waals surface area contributed by atoms with Crippen LogP contribution in [0.3, 0.4) is 0 Å². The van der Waals surface area contributed by atoms with Crippen LogP contribution in [0.15, 0.2) is 35.4 Å². The van der Waals surface area contributed by atoms with Crippen molar-refractivity contribution in [1.29, 1.82) is 0 Å². The first-order valence-corrected chi connectivity index (χ1v) is 8.13. The number of hydrazone groups is 1. The van der Waals surface area contributed by atoms with E-state index < -0.39 is 0 Å². The van der Waals surface area contributed by atoms with Gasteiger partial charge < -0.3 is 14.2 Å². The normalized spacial score (nSPS) is 11.1. The van der Waals surface area contributed by atoms with Gasteiger partial charge in [-0.1, -0.05) is 23.8 Å². The minimum atomic E-state index is -0.367. The molecule has 6 nitrogen and oxygen atoms in total. The van der Waals surface area contributed by atoms with Gasteiger partial charge in [0.25, 0.3) is 5.91 Å². The van der Waals surface area contributed by atoms with Crippen LogP contribution in [-0.4, -0.2) is 32.9 Å². The van der Waals surface area contributed by atoms with E-state index in [1.54, 1.807) is 12.1 Å². The predicted molar refractivity (Wildman–Crippen MR) is 102 cm³/mol. The Morgan fingerprint density at radius 1 is 0.962 bits per heavy atom. The Kier molecular flexibility index (Phi) is 6.22. The maximum atomic E-state index is 12.5. The zero-order valence-electron chi connectivity index (χ0n) is 16.0. The molecule has 0 saturated heterocycles.